The number of benzene rings is 1. The number of carbonyl (C=O) groups is 1. The zero-order valence-corrected chi connectivity index (χ0v) is 15.6. The van der Waals surface area contributed by atoms with E-state index in [1.165, 1.54) is 11.3 Å². The molecule has 1 aromatic heterocycles. The van der Waals surface area contributed by atoms with Gasteiger partial charge in [0.25, 0.3) is 10.0 Å². The third kappa shape index (κ3) is 4.39. The lowest BCUT2D eigenvalue weighted by Crippen LogP contribution is -2.51. The van der Waals surface area contributed by atoms with E-state index in [9.17, 15) is 13.2 Å². The smallest absolute Gasteiger partial charge is 0.250 e. The summed E-state index contributed by atoms with van der Waals surface area (Å²) in [4.78, 5) is 17.2. The standard InChI is InChI=1S/C17H21N3O3S2/c1-14-7-8-17(24-14)25(22,23)18-13-16(21)20-11-9-19(10-12-20)15-5-3-2-4-6-15/h2-8,18H,9-13H2,1H3. The molecule has 2 aromatic rings. The van der Waals surface area contributed by atoms with Gasteiger partial charge >= 0.3 is 0 Å². The van der Waals surface area contributed by atoms with Crippen LogP contribution in [0, 0.1) is 6.92 Å². The second-order valence-corrected chi connectivity index (χ2v) is 9.17. The van der Waals surface area contributed by atoms with Gasteiger partial charge in [-0.3, -0.25) is 4.79 Å². The highest BCUT2D eigenvalue weighted by atomic mass is 32.2. The monoisotopic (exact) mass is 379 g/mol. The van der Waals surface area contributed by atoms with Crippen molar-refractivity contribution in [1.82, 2.24) is 9.62 Å². The topological polar surface area (TPSA) is 69.7 Å². The molecule has 1 N–H and O–H groups in total. The van der Waals surface area contributed by atoms with E-state index in [1.807, 2.05) is 25.1 Å². The molecule has 2 heterocycles. The lowest BCUT2D eigenvalue weighted by molar-refractivity contribution is -0.130. The van der Waals surface area contributed by atoms with Gasteiger partial charge in [0.2, 0.25) is 5.91 Å². The maximum Gasteiger partial charge on any atom is 0.250 e. The third-order valence-corrected chi connectivity index (χ3v) is 7.04. The van der Waals surface area contributed by atoms with Crippen LogP contribution in [0.1, 0.15) is 4.88 Å². The number of amides is 1. The maximum absolute atomic E-state index is 12.3. The van der Waals surface area contributed by atoms with E-state index >= 15 is 0 Å². The van der Waals surface area contributed by atoms with Crippen LogP contribution >= 0.6 is 11.3 Å². The molecule has 8 heteroatoms. The molecule has 0 radical (unpaired) electrons. The molecular formula is C17H21N3O3S2. The Hall–Kier alpha value is -1.90. The number of aryl methyl sites for hydroxylation is 1. The average molecular weight is 380 g/mol. The average Bonchev–Trinajstić information content (AvgIpc) is 3.08. The van der Waals surface area contributed by atoms with Gasteiger partial charge in [0, 0.05) is 36.7 Å². The first-order valence-electron chi connectivity index (χ1n) is 8.09. The molecule has 25 heavy (non-hydrogen) atoms. The number of nitrogens with zero attached hydrogens (tertiary/aromatic N) is 2. The van der Waals surface area contributed by atoms with Gasteiger partial charge < -0.3 is 9.80 Å². The highest BCUT2D eigenvalue weighted by Gasteiger charge is 2.23. The van der Waals surface area contributed by atoms with Crippen molar-refractivity contribution < 1.29 is 13.2 Å². The van der Waals surface area contributed by atoms with Gasteiger partial charge in [-0.25, -0.2) is 13.1 Å². The van der Waals surface area contributed by atoms with Crippen molar-refractivity contribution in [3.8, 4) is 0 Å². The minimum absolute atomic E-state index is 0.190. The number of thiophene rings is 1. The van der Waals surface area contributed by atoms with E-state index in [0.29, 0.717) is 13.1 Å². The number of sulfonamides is 1. The highest BCUT2D eigenvalue weighted by Crippen LogP contribution is 2.20. The second-order valence-electron chi connectivity index (χ2n) is 5.89. The molecule has 0 saturated carbocycles. The normalized spacial score (nSPS) is 15.4. The minimum Gasteiger partial charge on any atom is -0.368 e. The fourth-order valence-electron chi connectivity index (χ4n) is 2.75. The lowest BCUT2D eigenvalue weighted by atomic mass is 10.2. The van der Waals surface area contributed by atoms with Gasteiger partial charge in [-0.1, -0.05) is 18.2 Å². The summed E-state index contributed by atoms with van der Waals surface area (Å²) >= 11 is 1.20. The number of carbonyl (C=O) groups excluding carboxylic acids is 1. The molecule has 1 aliphatic heterocycles. The number of nitrogens with one attached hydrogen (secondary N) is 1. The van der Waals surface area contributed by atoms with Crippen LogP contribution in [0.3, 0.4) is 0 Å². The number of hydrogen-bond acceptors (Lipinski definition) is 5. The molecule has 1 saturated heterocycles. The first-order chi connectivity index (χ1) is 12.0. The molecule has 3 rings (SSSR count). The van der Waals surface area contributed by atoms with Crippen molar-refractivity contribution in [2.75, 3.05) is 37.6 Å². The van der Waals surface area contributed by atoms with Crippen LogP contribution in [0.15, 0.2) is 46.7 Å². The third-order valence-electron chi connectivity index (χ3n) is 4.15. The van der Waals surface area contributed by atoms with Crippen LogP contribution in [-0.4, -0.2) is 51.9 Å². The molecule has 0 aliphatic carbocycles. The molecule has 0 bridgehead atoms. The van der Waals surface area contributed by atoms with Crippen molar-refractivity contribution in [3.63, 3.8) is 0 Å². The predicted octanol–water partition coefficient (Wildman–Crippen LogP) is 1.68. The Labute approximate surface area is 152 Å². The van der Waals surface area contributed by atoms with Crippen molar-refractivity contribution in [2.24, 2.45) is 0 Å². The van der Waals surface area contributed by atoms with Crippen molar-refractivity contribution in [3.05, 3.63) is 47.3 Å². The van der Waals surface area contributed by atoms with Crippen molar-refractivity contribution >= 4 is 33.0 Å². The molecule has 1 aromatic carbocycles. The van der Waals surface area contributed by atoms with Crippen LogP contribution < -0.4 is 9.62 Å². The van der Waals surface area contributed by atoms with Crippen LogP contribution in [0.5, 0.6) is 0 Å². The van der Waals surface area contributed by atoms with E-state index in [0.717, 1.165) is 23.7 Å². The first kappa shape index (κ1) is 17.9. The number of rotatable bonds is 5. The number of anilines is 1. The summed E-state index contributed by atoms with van der Waals surface area (Å²) in [7, 11) is -3.62. The summed E-state index contributed by atoms with van der Waals surface area (Å²) in [5.74, 6) is -0.190. The molecular weight excluding hydrogens is 358 g/mol. The Morgan fingerprint density at radius 3 is 2.36 bits per heavy atom. The van der Waals surface area contributed by atoms with Gasteiger partial charge in [0.15, 0.2) is 0 Å². The van der Waals surface area contributed by atoms with E-state index in [-0.39, 0.29) is 16.7 Å². The summed E-state index contributed by atoms with van der Waals surface area (Å²) < 4.78 is 27.0. The number of hydrogen-bond donors (Lipinski definition) is 1. The Morgan fingerprint density at radius 2 is 1.76 bits per heavy atom. The van der Waals surface area contributed by atoms with Crippen LogP contribution in [0.25, 0.3) is 0 Å². The maximum atomic E-state index is 12.3. The Balaban J connectivity index is 1.51. The summed E-state index contributed by atoms with van der Waals surface area (Å²) in [5, 5.41) is 0. The van der Waals surface area contributed by atoms with Crippen LogP contribution in [0.2, 0.25) is 0 Å². The molecule has 0 unspecified atom stereocenters. The van der Waals surface area contributed by atoms with Gasteiger partial charge in [0.1, 0.15) is 4.21 Å². The Morgan fingerprint density at radius 1 is 1.08 bits per heavy atom. The summed E-state index contributed by atoms with van der Waals surface area (Å²) in [6, 6.07) is 13.4. The van der Waals surface area contributed by atoms with Gasteiger partial charge in [-0.05, 0) is 31.2 Å². The van der Waals surface area contributed by atoms with Crippen LogP contribution in [0.4, 0.5) is 5.69 Å². The van der Waals surface area contributed by atoms with Gasteiger partial charge in [0.05, 0.1) is 6.54 Å². The van der Waals surface area contributed by atoms with E-state index in [1.54, 1.807) is 17.0 Å². The molecule has 0 spiro atoms. The van der Waals surface area contributed by atoms with Crippen LogP contribution in [-0.2, 0) is 14.8 Å². The Kier molecular flexibility index (Phi) is 5.41. The molecule has 6 nitrogen and oxygen atoms in total. The van der Waals surface area contributed by atoms with Gasteiger partial charge in [-0.15, -0.1) is 11.3 Å². The second kappa shape index (κ2) is 7.55. The predicted molar refractivity (Wildman–Crippen MR) is 99.5 cm³/mol. The molecule has 0 atom stereocenters. The van der Waals surface area contributed by atoms with Crippen molar-refractivity contribution in [2.45, 2.75) is 11.1 Å². The number of para-hydroxylation sites is 1. The first-order valence-corrected chi connectivity index (χ1v) is 10.4. The minimum atomic E-state index is -3.62. The molecule has 134 valence electrons. The summed E-state index contributed by atoms with van der Waals surface area (Å²) in [5.41, 5.74) is 1.14. The fraction of sp³-hybridized carbons (Fsp3) is 0.353. The molecule has 1 amide bonds. The SMILES string of the molecule is Cc1ccc(S(=O)(=O)NCC(=O)N2CCN(c3ccccc3)CC2)s1. The number of piperazine rings is 1. The Bertz CT molecular complexity index is 826. The quantitative estimate of drug-likeness (QED) is 0.858. The molecule has 1 fully saturated rings. The lowest BCUT2D eigenvalue weighted by Gasteiger charge is -2.36. The fourth-order valence-corrected chi connectivity index (χ4v) is 5.05. The zero-order chi connectivity index (χ0) is 17.9. The molecule has 1 aliphatic rings. The summed E-state index contributed by atoms with van der Waals surface area (Å²) in [6.45, 7) is 4.31. The van der Waals surface area contributed by atoms with E-state index < -0.39 is 10.0 Å². The van der Waals surface area contributed by atoms with Gasteiger partial charge in [-0.2, -0.15) is 0 Å². The largest absolute Gasteiger partial charge is 0.368 e. The zero-order valence-electron chi connectivity index (χ0n) is 14.0. The van der Waals surface area contributed by atoms with E-state index in [2.05, 4.69) is 21.8 Å². The van der Waals surface area contributed by atoms with E-state index in [4.69, 9.17) is 0 Å². The van der Waals surface area contributed by atoms with Crippen molar-refractivity contribution in [1.29, 1.82) is 0 Å². The highest BCUT2D eigenvalue weighted by molar-refractivity contribution is 7.91. The summed E-state index contributed by atoms with van der Waals surface area (Å²) in [6.07, 6.45) is 0.